The van der Waals surface area contributed by atoms with Gasteiger partial charge in [0, 0.05) is 33.1 Å². The van der Waals surface area contributed by atoms with Crippen molar-refractivity contribution in [3.63, 3.8) is 0 Å². The van der Waals surface area contributed by atoms with Crippen LogP contribution in [0.15, 0.2) is 30.3 Å². The topological polar surface area (TPSA) is 78.0 Å². The Bertz CT molecular complexity index is 667. The van der Waals surface area contributed by atoms with E-state index in [0.29, 0.717) is 31.9 Å². The summed E-state index contributed by atoms with van der Waals surface area (Å²) < 4.78 is 25.1. The molecule has 0 spiro atoms. The summed E-state index contributed by atoms with van der Waals surface area (Å²) in [5.41, 5.74) is 0.464. The lowest BCUT2D eigenvalue weighted by Crippen LogP contribution is -2.52. The van der Waals surface area contributed by atoms with Crippen molar-refractivity contribution in [3.8, 4) is 0 Å². The van der Waals surface area contributed by atoms with E-state index in [2.05, 4.69) is 0 Å². The van der Waals surface area contributed by atoms with Crippen LogP contribution in [0, 0.1) is 0 Å². The van der Waals surface area contributed by atoms with Gasteiger partial charge in [-0.3, -0.25) is 13.9 Å². The minimum absolute atomic E-state index is 0.0147. The number of piperazine rings is 1. The van der Waals surface area contributed by atoms with Crippen molar-refractivity contribution in [2.24, 2.45) is 0 Å². The smallest absolute Gasteiger partial charge is 0.243 e. The fourth-order valence-corrected chi connectivity index (χ4v) is 3.34. The molecule has 23 heavy (non-hydrogen) atoms. The first-order chi connectivity index (χ1) is 10.8. The number of sulfonamides is 1. The van der Waals surface area contributed by atoms with E-state index in [0.717, 1.165) is 10.6 Å². The molecule has 7 nitrogen and oxygen atoms in total. The van der Waals surface area contributed by atoms with Gasteiger partial charge < -0.3 is 9.80 Å². The van der Waals surface area contributed by atoms with E-state index in [1.807, 2.05) is 0 Å². The number of amides is 2. The highest BCUT2D eigenvalue weighted by atomic mass is 32.2. The summed E-state index contributed by atoms with van der Waals surface area (Å²) in [7, 11) is -3.55. The van der Waals surface area contributed by atoms with E-state index in [9.17, 15) is 18.0 Å². The van der Waals surface area contributed by atoms with Crippen LogP contribution in [0.1, 0.15) is 6.92 Å². The van der Waals surface area contributed by atoms with Crippen molar-refractivity contribution in [2.45, 2.75) is 6.92 Å². The summed E-state index contributed by atoms with van der Waals surface area (Å²) in [6.45, 7) is 3.06. The summed E-state index contributed by atoms with van der Waals surface area (Å²) >= 11 is 0. The number of anilines is 1. The first-order valence-electron chi connectivity index (χ1n) is 7.35. The number of nitrogens with zero attached hydrogens (tertiary/aromatic N) is 3. The third kappa shape index (κ3) is 4.44. The largest absolute Gasteiger partial charge is 0.339 e. The number of rotatable bonds is 4. The molecule has 126 valence electrons. The van der Waals surface area contributed by atoms with Gasteiger partial charge in [0.2, 0.25) is 21.8 Å². The first kappa shape index (κ1) is 17.3. The summed E-state index contributed by atoms with van der Waals surface area (Å²) in [4.78, 5) is 27.0. The Hall–Kier alpha value is -2.09. The Kier molecular flexibility index (Phi) is 5.25. The Labute approximate surface area is 136 Å². The summed E-state index contributed by atoms with van der Waals surface area (Å²) in [6.07, 6.45) is 1.08. The van der Waals surface area contributed by atoms with Crippen molar-refractivity contribution in [1.29, 1.82) is 0 Å². The van der Waals surface area contributed by atoms with Crippen LogP contribution in [0.25, 0.3) is 0 Å². The lowest BCUT2D eigenvalue weighted by molar-refractivity contribution is -0.137. The first-order valence-corrected chi connectivity index (χ1v) is 9.20. The highest BCUT2D eigenvalue weighted by molar-refractivity contribution is 7.92. The monoisotopic (exact) mass is 339 g/mol. The Balaban J connectivity index is 2.06. The SMILES string of the molecule is CC(=O)N1CCN(C(=O)CN(c2ccccc2)S(C)(=O)=O)CC1. The molecule has 1 aromatic carbocycles. The van der Waals surface area contributed by atoms with Crippen LogP contribution in [-0.2, 0) is 19.6 Å². The fourth-order valence-electron chi connectivity index (χ4n) is 2.49. The van der Waals surface area contributed by atoms with Gasteiger partial charge in [-0.25, -0.2) is 8.42 Å². The molecule has 0 aromatic heterocycles. The second-order valence-corrected chi connectivity index (χ2v) is 7.40. The zero-order chi connectivity index (χ0) is 17.0. The van der Waals surface area contributed by atoms with Crippen LogP contribution in [0.5, 0.6) is 0 Å². The van der Waals surface area contributed by atoms with Crippen molar-refractivity contribution < 1.29 is 18.0 Å². The van der Waals surface area contributed by atoms with Crippen LogP contribution in [0.2, 0.25) is 0 Å². The summed E-state index contributed by atoms with van der Waals surface area (Å²) in [5, 5.41) is 0. The standard InChI is InChI=1S/C15H21N3O4S/c1-13(19)16-8-10-17(11-9-16)15(20)12-18(23(2,21)22)14-6-4-3-5-7-14/h3-7H,8-12H2,1-2H3. The van der Waals surface area contributed by atoms with Gasteiger partial charge in [0.1, 0.15) is 6.54 Å². The summed E-state index contributed by atoms with van der Waals surface area (Å²) in [5.74, 6) is -0.276. The lowest BCUT2D eigenvalue weighted by atomic mass is 10.3. The fraction of sp³-hybridized carbons (Fsp3) is 0.467. The number of carbonyl (C=O) groups is 2. The minimum atomic E-state index is -3.55. The molecular formula is C15H21N3O4S. The molecule has 1 aromatic rings. The maximum Gasteiger partial charge on any atom is 0.243 e. The normalized spacial score (nSPS) is 15.4. The van der Waals surface area contributed by atoms with Crippen molar-refractivity contribution in [3.05, 3.63) is 30.3 Å². The van der Waals surface area contributed by atoms with E-state index in [1.165, 1.54) is 6.92 Å². The Morgan fingerprint density at radius 1 is 1.04 bits per heavy atom. The molecule has 0 bridgehead atoms. The number of carbonyl (C=O) groups excluding carboxylic acids is 2. The van der Waals surface area contributed by atoms with Crippen LogP contribution in [0.4, 0.5) is 5.69 Å². The lowest BCUT2D eigenvalue weighted by Gasteiger charge is -2.35. The van der Waals surface area contributed by atoms with E-state index in [-0.39, 0.29) is 18.4 Å². The van der Waals surface area contributed by atoms with Crippen molar-refractivity contribution in [1.82, 2.24) is 9.80 Å². The highest BCUT2D eigenvalue weighted by Gasteiger charge is 2.26. The molecule has 0 unspecified atom stereocenters. The molecule has 1 aliphatic rings. The maximum atomic E-state index is 12.4. The molecular weight excluding hydrogens is 318 g/mol. The molecule has 0 saturated carbocycles. The number of benzene rings is 1. The highest BCUT2D eigenvalue weighted by Crippen LogP contribution is 2.17. The molecule has 1 fully saturated rings. The minimum Gasteiger partial charge on any atom is -0.339 e. The van der Waals surface area contributed by atoms with Crippen LogP contribution < -0.4 is 4.31 Å². The van der Waals surface area contributed by atoms with Crippen LogP contribution in [-0.4, -0.2) is 69.0 Å². The number of para-hydroxylation sites is 1. The molecule has 8 heteroatoms. The van der Waals surface area contributed by atoms with Gasteiger partial charge in [0.25, 0.3) is 0 Å². The zero-order valence-corrected chi connectivity index (χ0v) is 14.1. The average molecular weight is 339 g/mol. The van der Waals surface area contributed by atoms with Crippen LogP contribution in [0.3, 0.4) is 0 Å². The average Bonchev–Trinajstić information content (AvgIpc) is 2.52. The molecule has 0 atom stereocenters. The molecule has 2 rings (SSSR count). The van der Waals surface area contributed by atoms with Crippen molar-refractivity contribution in [2.75, 3.05) is 43.3 Å². The molecule has 1 heterocycles. The Morgan fingerprint density at radius 3 is 2.04 bits per heavy atom. The maximum absolute atomic E-state index is 12.4. The van der Waals surface area contributed by atoms with E-state index < -0.39 is 10.0 Å². The third-order valence-corrected chi connectivity index (χ3v) is 4.94. The molecule has 0 aliphatic carbocycles. The number of hydrogen-bond donors (Lipinski definition) is 0. The number of hydrogen-bond acceptors (Lipinski definition) is 4. The van der Waals surface area contributed by atoms with Gasteiger partial charge in [0.15, 0.2) is 0 Å². The second kappa shape index (κ2) is 6.99. The second-order valence-electron chi connectivity index (χ2n) is 5.49. The predicted molar refractivity (Wildman–Crippen MR) is 87.5 cm³/mol. The van der Waals surface area contributed by atoms with E-state index in [4.69, 9.17) is 0 Å². The van der Waals surface area contributed by atoms with Gasteiger partial charge in [-0.2, -0.15) is 0 Å². The zero-order valence-electron chi connectivity index (χ0n) is 13.3. The molecule has 0 N–H and O–H groups in total. The summed E-state index contributed by atoms with van der Waals surface area (Å²) in [6, 6.07) is 8.55. The third-order valence-electron chi connectivity index (χ3n) is 3.80. The van der Waals surface area contributed by atoms with Gasteiger partial charge >= 0.3 is 0 Å². The van der Waals surface area contributed by atoms with Crippen molar-refractivity contribution >= 4 is 27.5 Å². The molecule has 1 aliphatic heterocycles. The van der Waals surface area contributed by atoms with E-state index >= 15 is 0 Å². The van der Waals surface area contributed by atoms with Gasteiger partial charge in [-0.15, -0.1) is 0 Å². The van der Waals surface area contributed by atoms with Gasteiger partial charge in [0.05, 0.1) is 11.9 Å². The quantitative estimate of drug-likeness (QED) is 0.782. The predicted octanol–water partition coefficient (Wildman–Crippen LogP) is 0.143. The Morgan fingerprint density at radius 2 is 1.57 bits per heavy atom. The molecule has 1 saturated heterocycles. The van der Waals surface area contributed by atoms with E-state index in [1.54, 1.807) is 40.1 Å². The van der Waals surface area contributed by atoms with Gasteiger partial charge in [-0.05, 0) is 12.1 Å². The van der Waals surface area contributed by atoms with Crippen LogP contribution >= 0.6 is 0 Å². The molecule has 0 radical (unpaired) electrons. The molecule has 2 amide bonds. The van der Waals surface area contributed by atoms with Gasteiger partial charge in [-0.1, -0.05) is 18.2 Å².